The number of ether oxygens (including phenoxy) is 1. The highest BCUT2D eigenvalue weighted by Gasteiger charge is 2.41. The van der Waals surface area contributed by atoms with Crippen LogP contribution in [0.25, 0.3) is 0 Å². The van der Waals surface area contributed by atoms with E-state index in [0.717, 1.165) is 29.7 Å². The van der Waals surface area contributed by atoms with Gasteiger partial charge in [-0.15, -0.1) is 0 Å². The van der Waals surface area contributed by atoms with Gasteiger partial charge in [0.05, 0.1) is 7.11 Å². The van der Waals surface area contributed by atoms with Crippen molar-refractivity contribution in [3.05, 3.63) is 59.2 Å². The zero-order valence-electron chi connectivity index (χ0n) is 17.8. The Morgan fingerprint density at radius 1 is 1.20 bits per heavy atom. The predicted octanol–water partition coefficient (Wildman–Crippen LogP) is 3.57. The lowest BCUT2D eigenvalue weighted by atomic mass is 9.87. The number of amides is 1. The standard InChI is InChI=1S/C24H29N3O3/c1-16-7-9-18(10-8-16)20-15-21(19-5-4-6-22(30-3)23(19)29)26-24(25-20)11-13-27(14-12-24)17(2)28/h4-10,21,26,29H,11-15H2,1-3H3/t21-/m1/s1. The largest absolute Gasteiger partial charge is 0.504 e. The summed E-state index contributed by atoms with van der Waals surface area (Å²) < 4.78 is 5.33. The number of hydrogen-bond donors (Lipinski definition) is 2. The van der Waals surface area contributed by atoms with Crippen LogP contribution in [0.15, 0.2) is 47.5 Å². The normalized spacial score (nSPS) is 20.7. The second-order valence-corrected chi connectivity index (χ2v) is 8.26. The molecule has 0 unspecified atom stereocenters. The fraction of sp³-hybridized carbons (Fsp3) is 0.417. The molecule has 2 N–H and O–H groups in total. The van der Waals surface area contributed by atoms with Gasteiger partial charge in [-0.3, -0.25) is 15.1 Å². The van der Waals surface area contributed by atoms with Crippen LogP contribution in [0.5, 0.6) is 11.5 Å². The highest BCUT2D eigenvalue weighted by atomic mass is 16.5. The number of likely N-dealkylation sites (tertiary alicyclic amines) is 1. The third-order valence-corrected chi connectivity index (χ3v) is 6.24. The first-order valence-electron chi connectivity index (χ1n) is 10.5. The second-order valence-electron chi connectivity index (χ2n) is 8.26. The van der Waals surface area contributed by atoms with Gasteiger partial charge in [-0.25, -0.2) is 0 Å². The van der Waals surface area contributed by atoms with Crippen molar-refractivity contribution in [2.45, 2.75) is 44.8 Å². The Bertz CT molecular complexity index is 960. The van der Waals surface area contributed by atoms with Crippen LogP contribution in [0, 0.1) is 6.92 Å². The van der Waals surface area contributed by atoms with Crippen LogP contribution in [0.1, 0.15) is 48.9 Å². The number of aromatic hydroxyl groups is 1. The molecule has 2 aromatic rings. The van der Waals surface area contributed by atoms with Gasteiger partial charge in [0, 0.05) is 56.6 Å². The Hall–Kier alpha value is -2.86. The molecule has 0 radical (unpaired) electrons. The maximum Gasteiger partial charge on any atom is 0.219 e. The minimum Gasteiger partial charge on any atom is -0.504 e. The van der Waals surface area contributed by atoms with Gasteiger partial charge in [0.2, 0.25) is 5.91 Å². The molecule has 6 heteroatoms. The Kier molecular flexibility index (Phi) is 5.52. The quantitative estimate of drug-likeness (QED) is 0.816. The maximum absolute atomic E-state index is 11.8. The zero-order valence-corrected chi connectivity index (χ0v) is 17.8. The molecule has 2 heterocycles. The highest BCUT2D eigenvalue weighted by molar-refractivity contribution is 6.01. The van der Waals surface area contributed by atoms with E-state index in [2.05, 4.69) is 36.5 Å². The molecule has 1 amide bonds. The summed E-state index contributed by atoms with van der Waals surface area (Å²) in [4.78, 5) is 18.9. The average molecular weight is 408 g/mol. The first kappa shape index (κ1) is 20.4. The summed E-state index contributed by atoms with van der Waals surface area (Å²) in [5, 5.41) is 14.5. The fourth-order valence-corrected chi connectivity index (χ4v) is 4.45. The van der Waals surface area contributed by atoms with Crippen LogP contribution in [-0.4, -0.2) is 47.5 Å². The Morgan fingerprint density at radius 3 is 2.53 bits per heavy atom. The lowest BCUT2D eigenvalue weighted by Crippen LogP contribution is -2.56. The van der Waals surface area contributed by atoms with E-state index in [0.29, 0.717) is 25.3 Å². The molecule has 2 aliphatic heterocycles. The summed E-state index contributed by atoms with van der Waals surface area (Å²) in [6.07, 6.45) is 2.15. The van der Waals surface area contributed by atoms with Crippen LogP contribution < -0.4 is 10.1 Å². The lowest BCUT2D eigenvalue weighted by molar-refractivity contribution is -0.130. The van der Waals surface area contributed by atoms with E-state index in [-0.39, 0.29) is 17.7 Å². The van der Waals surface area contributed by atoms with Crippen LogP contribution in [0.4, 0.5) is 0 Å². The first-order valence-corrected chi connectivity index (χ1v) is 10.5. The van der Waals surface area contributed by atoms with Crippen molar-refractivity contribution in [3.8, 4) is 11.5 Å². The molecule has 1 atom stereocenters. The van der Waals surface area contributed by atoms with Crippen molar-refractivity contribution in [1.29, 1.82) is 0 Å². The van der Waals surface area contributed by atoms with E-state index in [1.807, 2.05) is 17.0 Å². The number of nitrogens with one attached hydrogen (secondary N) is 1. The number of rotatable bonds is 3. The molecule has 0 saturated carbocycles. The molecule has 0 bridgehead atoms. The smallest absolute Gasteiger partial charge is 0.219 e. The number of phenolic OH excluding ortho intramolecular Hbond substituents is 1. The molecule has 6 nitrogen and oxygen atoms in total. The lowest BCUT2D eigenvalue weighted by Gasteiger charge is -2.45. The van der Waals surface area contributed by atoms with E-state index in [1.54, 1.807) is 20.1 Å². The third kappa shape index (κ3) is 3.92. The van der Waals surface area contributed by atoms with E-state index >= 15 is 0 Å². The number of phenols is 1. The SMILES string of the molecule is COc1cccc([C@H]2CC(c3ccc(C)cc3)=NC3(CCN(C(C)=O)CC3)N2)c1O. The van der Waals surface area contributed by atoms with Crippen molar-refractivity contribution in [2.75, 3.05) is 20.2 Å². The van der Waals surface area contributed by atoms with Gasteiger partial charge in [0.1, 0.15) is 5.66 Å². The summed E-state index contributed by atoms with van der Waals surface area (Å²) >= 11 is 0. The number of benzene rings is 2. The van der Waals surface area contributed by atoms with Crippen molar-refractivity contribution >= 4 is 11.6 Å². The molecular formula is C24H29N3O3. The first-order chi connectivity index (χ1) is 14.4. The summed E-state index contributed by atoms with van der Waals surface area (Å²) in [5.74, 6) is 0.735. The number of aryl methyl sites for hydroxylation is 1. The number of nitrogens with zero attached hydrogens (tertiary/aromatic N) is 2. The van der Waals surface area contributed by atoms with Crippen LogP contribution in [0.2, 0.25) is 0 Å². The molecule has 0 aromatic heterocycles. The number of hydrogen-bond acceptors (Lipinski definition) is 5. The van der Waals surface area contributed by atoms with Gasteiger partial charge in [0.25, 0.3) is 0 Å². The summed E-state index contributed by atoms with van der Waals surface area (Å²) in [7, 11) is 1.56. The van der Waals surface area contributed by atoms with Crippen molar-refractivity contribution in [1.82, 2.24) is 10.2 Å². The Labute approximate surface area is 177 Å². The van der Waals surface area contributed by atoms with Gasteiger partial charge < -0.3 is 14.7 Å². The average Bonchev–Trinajstić information content (AvgIpc) is 2.74. The molecule has 1 fully saturated rings. The topological polar surface area (TPSA) is 74.2 Å². The van der Waals surface area contributed by atoms with Crippen molar-refractivity contribution < 1.29 is 14.6 Å². The molecule has 2 aromatic carbocycles. The molecule has 1 saturated heterocycles. The number of piperidine rings is 1. The number of para-hydroxylation sites is 1. The van der Waals surface area contributed by atoms with Crippen LogP contribution in [-0.2, 0) is 4.79 Å². The summed E-state index contributed by atoms with van der Waals surface area (Å²) in [6.45, 7) is 5.03. The number of carbonyl (C=O) groups excluding carboxylic acids is 1. The minimum atomic E-state index is -0.454. The van der Waals surface area contributed by atoms with Crippen molar-refractivity contribution in [2.24, 2.45) is 4.99 Å². The van der Waals surface area contributed by atoms with Gasteiger partial charge in [0.15, 0.2) is 11.5 Å². The monoisotopic (exact) mass is 407 g/mol. The Balaban J connectivity index is 1.72. The molecule has 4 rings (SSSR count). The molecule has 158 valence electrons. The fourth-order valence-electron chi connectivity index (χ4n) is 4.45. The second kappa shape index (κ2) is 8.11. The van der Waals surface area contributed by atoms with E-state index in [9.17, 15) is 9.90 Å². The van der Waals surface area contributed by atoms with E-state index in [4.69, 9.17) is 9.73 Å². The molecule has 30 heavy (non-hydrogen) atoms. The van der Waals surface area contributed by atoms with Gasteiger partial charge in [-0.1, -0.05) is 42.0 Å². The minimum absolute atomic E-state index is 0.0993. The number of aliphatic imine (C=N–C) groups is 1. The molecule has 2 aliphatic rings. The van der Waals surface area contributed by atoms with Crippen LogP contribution >= 0.6 is 0 Å². The molecular weight excluding hydrogens is 378 g/mol. The zero-order chi connectivity index (χ0) is 21.3. The summed E-state index contributed by atoms with van der Waals surface area (Å²) in [6, 6.07) is 13.9. The van der Waals surface area contributed by atoms with Crippen LogP contribution in [0.3, 0.4) is 0 Å². The highest BCUT2D eigenvalue weighted by Crippen LogP contribution is 2.40. The van der Waals surface area contributed by atoms with Gasteiger partial charge >= 0.3 is 0 Å². The maximum atomic E-state index is 11.8. The number of methoxy groups -OCH3 is 1. The predicted molar refractivity (Wildman–Crippen MR) is 117 cm³/mol. The van der Waals surface area contributed by atoms with Gasteiger partial charge in [-0.05, 0) is 18.6 Å². The van der Waals surface area contributed by atoms with Gasteiger partial charge in [-0.2, -0.15) is 0 Å². The third-order valence-electron chi connectivity index (χ3n) is 6.24. The van der Waals surface area contributed by atoms with E-state index in [1.165, 1.54) is 5.56 Å². The van der Waals surface area contributed by atoms with Crippen molar-refractivity contribution in [3.63, 3.8) is 0 Å². The molecule has 0 aliphatic carbocycles. The number of carbonyl (C=O) groups is 1. The molecule has 1 spiro atoms. The Morgan fingerprint density at radius 2 is 1.90 bits per heavy atom. The van der Waals surface area contributed by atoms with E-state index < -0.39 is 5.66 Å². The summed E-state index contributed by atoms with van der Waals surface area (Å²) in [5.41, 5.74) is 3.69.